The summed E-state index contributed by atoms with van der Waals surface area (Å²) in [6.45, 7) is 4.88. The first-order valence-corrected chi connectivity index (χ1v) is 6.83. The van der Waals surface area contributed by atoms with Gasteiger partial charge in [0, 0.05) is 18.3 Å². The van der Waals surface area contributed by atoms with Crippen molar-refractivity contribution < 1.29 is 14.7 Å². The molecule has 1 fully saturated rings. The second-order valence-electron chi connectivity index (χ2n) is 6.25. The molecule has 1 atom stereocenters. The standard InChI is InChI=1S/C15H18N2O3/c1-15(2)8-12(15)16-14(20)17-6-5-9-7-10(13(18)19)3-4-11(9)17/h3-4,7,12H,5-6,8H2,1-2H3,(H,16,20)(H,18,19). The smallest absolute Gasteiger partial charge is 0.335 e. The predicted molar refractivity (Wildman–Crippen MR) is 75.2 cm³/mol. The summed E-state index contributed by atoms with van der Waals surface area (Å²) in [4.78, 5) is 24.9. The van der Waals surface area contributed by atoms with Crippen LogP contribution in [-0.2, 0) is 6.42 Å². The number of hydrogen-bond donors (Lipinski definition) is 2. The molecule has 2 N–H and O–H groups in total. The van der Waals surface area contributed by atoms with Crippen LogP contribution >= 0.6 is 0 Å². The minimum absolute atomic E-state index is 0.0811. The summed E-state index contributed by atoms with van der Waals surface area (Å²) in [7, 11) is 0. The van der Waals surface area contributed by atoms with Crippen LogP contribution in [-0.4, -0.2) is 29.7 Å². The molecule has 5 nitrogen and oxygen atoms in total. The van der Waals surface area contributed by atoms with Gasteiger partial charge < -0.3 is 10.4 Å². The van der Waals surface area contributed by atoms with Crippen molar-refractivity contribution in [3.05, 3.63) is 29.3 Å². The summed E-state index contributed by atoms with van der Waals surface area (Å²) in [6.07, 6.45) is 1.72. The van der Waals surface area contributed by atoms with E-state index < -0.39 is 5.97 Å². The molecule has 1 heterocycles. The number of urea groups is 1. The number of anilines is 1. The Morgan fingerprint density at radius 3 is 2.70 bits per heavy atom. The Hall–Kier alpha value is -2.04. The molecule has 1 aromatic rings. The van der Waals surface area contributed by atoms with Gasteiger partial charge in [0.15, 0.2) is 0 Å². The van der Waals surface area contributed by atoms with E-state index in [0.29, 0.717) is 13.0 Å². The van der Waals surface area contributed by atoms with Crippen LogP contribution in [0, 0.1) is 5.41 Å². The van der Waals surface area contributed by atoms with Crippen LogP contribution in [0.1, 0.15) is 36.2 Å². The first-order valence-electron chi connectivity index (χ1n) is 6.83. The van der Waals surface area contributed by atoms with Gasteiger partial charge in [-0.25, -0.2) is 9.59 Å². The van der Waals surface area contributed by atoms with Gasteiger partial charge in [0.1, 0.15) is 0 Å². The first kappa shape index (κ1) is 13.0. The van der Waals surface area contributed by atoms with Gasteiger partial charge in [-0.3, -0.25) is 4.90 Å². The van der Waals surface area contributed by atoms with E-state index >= 15 is 0 Å². The molecule has 1 aliphatic heterocycles. The monoisotopic (exact) mass is 274 g/mol. The lowest BCUT2D eigenvalue weighted by Crippen LogP contribution is -2.41. The van der Waals surface area contributed by atoms with Crippen molar-refractivity contribution in [3.63, 3.8) is 0 Å². The van der Waals surface area contributed by atoms with Gasteiger partial charge >= 0.3 is 12.0 Å². The van der Waals surface area contributed by atoms with E-state index in [1.54, 1.807) is 23.1 Å². The molecular weight excluding hydrogens is 256 g/mol. The third-order valence-electron chi connectivity index (χ3n) is 4.28. The summed E-state index contributed by atoms with van der Waals surface area (Å²) in [5.74, 6) is -0.935. The van der Waals surface area contributed by atoms with E-state index in [4.69, 9.17) is 5.11 Å². The number of aromatic carboxylic acids is 1. The molecule has 2 aliphatic rings. The highest BCUT2D eigenvalue weighted by Gasteiger charge is 2.47. The Bertz CT molecular complexity index is 595. The molecule has 1 unspecified atom stereocenters. The first-order chi connectivity index (χ1) is 9.38. The molecular formula is C15H18N2O3. The van der Waals surface area contributed by atoms with Crippen molar-refractivity contribution >= 4 is 17.7 Å². The Balaban J connectivity index is 1.76. The normalized spacial score (nSPS) is 22.3. The van der Waals surface area contributed by atoms with E-state index in [0.717, 1.165) is 17.7 Å². The SMILES string of the molecule is CC1(C)CC1NC(=O)N1CCc2cc(C(=O)O)ccc21. The van der Waals surface area contributed by atoms with Crippen molar-refractivity contribution in [2.45, 2.75) is 32.7 Å². The molecule has 1 aromatic carbocycles. The largest absolute Gasteiger partial charge is 0.478 e. The number of nitrogens with zero attached hydrogens (tertiary/aromatic N) is 1. The fourth-order valence-electron chi connectivity index (χ4n) is 2.69. The average molecular weight is 274 g/mol. The van der Waals surface area contributed by atoms with E-state index in [1.807, 2.05) is 0 Å². The third-order valence-corrected chi connectivity index (χ3v) is 4.28. The number of rotatable bonds is 2. The molecule has 106 valence electrons. The van der Waals surface area contributed by atoms with Crippen LogP contribution < -0.4 is 10.2 Å². The molecule has 0 saturated heterocycles. The summed E-state index contributed by atoms with van der Waals surface area (Å²) >= 11 is 0. The molecule has 0 bridgehead atoms. The zero-order valence-corrected chi connectivity index (χ0v) is 11.6. The third kappa shape index (κ3) is 2.13. The lowest BCUT2D eigenvalue weighted by molar-refractivity contribution is 0.0697. The molecule has 5 heteroatoms. The van der Waals surface area contributed by atoms with E-state index in [-0.39, 0.29) is 23.1 Å². The van der Waals surface area contributed by atoms with Crippen molar-refractivity contribution in [2.24, 2.45) is 5.41 Å². The van der Waals surface area contributed by atoms with Gasteiger partial charge in [-0.15, -0.1) is 0 Å². The second-order valence-corrected chi connectivity index (χ2v) is 6.25. The summed E-state index contributed by atoms with van der Waals surface area (Å²) in [5, 5.41) is 12.0. The Kier molecular flexibility index (Phi) is 2.74. The summed E-state index contributed by atoms with van der Waals surface area (Å²) < 4.78 is 0. The highest BCUT2D eigenvalue weighted by Crippen LogP contribution is 2.44. The van der Waals surface area contributed by atoms with Gasteiger partial charge in [0.2, 0.25) is 0 Å². The van der Waals surface area contributed by atoms with Crippen LogP contribution in [0.4, 0.5) is 10.5 Å². The maximum atomic E-state index is 12.3. The minimum atomic E-state index is -0.935. The summed E-state index contributed by atoms with van der Waals surface area (Å²) in [6, 6.07) is 5.10. The zero-order valence-electron chi connectivity index (χ0n) is 11.6. The molecule has 0 radical (unpaired) electrons. The summed E-state index contributed by atoms with van der Waals surface area (Å²) in [5.41, 5.74) is 2.22. The number of carboxylic acid groups (broad SMARTS) is 1. The van der Waals surface area contributed by atoms with Crippen molar-refractivity contribution in [2.75, 3.05) is 11.4 Å². The second kappa shape index (κ2) is 4.23. The Morgan fingerprint density at radius 1 is 1.40 bits per heavy atom. The highest BCUT2D eigenvalue weighted by molar-refractivity contribution is 5.96. The van der Waals surface area contributed by atoms with E-state index in [9.17, 15) is 9.59 Å². The number of carbonyl (C=O) groups is 2. The molecule has 0 spiro atoms. The molecule has 2 amide bonds. The quantitative estimate of drug-likeness (QED) is 0.869. The average Bonchev–Trinajstić information content (AvgIpc) is 2.83. The number of benzene rings is 1. The fraction of sp³-hybridized carbons (Fsp3) is 0.467. The number of nitrogens with one attached hydrogen (secondary N) is 1. The number of amides is 2. The lowest BCUT2D eigenvalue weighted by atomic mass is 10.1. The van der Waals surface area contributed by atoms with Gasteiger partial charge in [-0.1, -0.05) is 13.8 Å². The molecule has 20 heavy (non-hydrogen) atoms. The van der Waals surface area contributed by atoms with Crippen LogP contribution in [0.3, 0.4) is 0 Å². The minimum Gasteiger partial charge on any atom is -0.478 e. The Morgan fingerprint density at radius 2 is 2.10 bits per heavy atom. The fourth-order valence-corrected chi connectivity index (χ4v) is 2.69. The van der Waals surface area contributed by atoms with Crippen LogP contribution in [0.25, 0.3) is 0 Å². The van der Waals surface area contributed by atoms with Crippen molar-refractivity contribution in [1.82, 2.24) is 5.32 Å². The Labute approximate surface area is 117 Å². The molecule has 0 aromatic heterocycles. The number of carboxylic acids is 1. The van der Waals surface area contributed by atoms with Crippen LogP contribution in [0.2, 0.25) is 0 Å². The highest BCUT2D eigenvalue weighted by atomic mass is 16.4. The van der Waals surface area contributed by atoms with Gasteiger partial charge in [0.25, 0.3) is 0 Å². The molecule has 1 aliphatic carbocycles. The lowest BCUT2D eigenvalue weighted by Gasteiger charge is -2.19. The number of fused-ring (bicyclic) bond motifs is 1. The van der Waals surface area contributed by atoms with Crippen molar-refractivity contribution in [1.29, 1.82) is 0 Å². The predicted octanol–water partition coefficient (Wildman–Crippen LogP) is 2.26. The van der Waals surface area contributed by atoms with Crippen LogP contribution in [0.15, 0.2) is 18.2 Å². The maximum absolute atomic E-state index is 12.3. The molecule has 1 saturated carbocycles. The van der Waals surface area contributed by atoms with Crippen molar-refractivity contribution in [3.8, 4) is 0 Å². The number of hydrogen-bond acceptors (Lipinski definition) is 2. The number of carbonyl (C=O) groups excluding carboxylic acids is 1. The van der Waals surface area contributed by atoms with E-state index in [1.165, 1.54) is 0 Å². The van der Waals surface area contributed by atoms with Crippen LogP contribution in [0.5, 0.6) is 0 Å². The maximum Gasteiger partial charge on any atom is 0.335 e. The molecule has 3 rings (SSSR count). The topological polar surface area (TPSA) is 69.6 Å². The van der Waals surface area contributed by atoms with Gasteiger partial charge in [0.05, 0.1) is 5.56 Å². The van der Waals surface area contributed by atoms with Gasteiger partial charge in [-0.05, 0) is 42.0 Å². The zero-order chi connectivity index (χ0) is 14.5. The van der Waals surface area contributed by atoms with E-state index in [2.05, 4.69) is 19.2 Å². The van der Waals surface area contributed by atoms with Gasteiger partial charge in [-0.2, -0.15) is 0 Å².